The molecule has 0 aliphatic carbocycles. The molecule has 5 rings (SSSR count). The number of piperazine rings is 1. The number of carbonyl (C=O) groups is 1. The standard InChI is InChI=1S/C25H25N5O/c26-24(31)20-11-12-21-22(17-20)28-25(27-21)30-15-13-29(14-16-30)23(18-7-3-1-4-8-18)19-9-5-2-6-10-19/h1-12,17,23H,13-16H2,(H2,26,31)(H,27,28). The molecule has 156 valence electrons. The van der Waals surface area contributed by atoms with Crippen LogP contribution >= 0.6 is 0 Å². The first-order chi connectivity index (χ1) is 15.2. The number of hydrogen-bond donors (Lipinski definition) is 2. The number of nitrogens with one attached hydrogen (secondary N) is 1. The number of benzene rings is 3. The van der Waals surface area contributed by atoms with Gasteiger partial charge in [-0.2, -0.15) is 0 Å². The molecule has 6 heteroatoms. The van der Waals surface area contributed by atoms with Gasteiger partial charge in [0.1, 0.15) is 0 Å². The molecule has 4 aromatic rings. The van der Waals surface area contributed by atoms with E-state index in [4.69, 9.17) is 10.7 Å². The Kier molecular flexibility index (Phi) is 5.14. The van der Waals surface area contributed by atoms with E-state index in [0.717, 1.165) is 43.2 Å². The molecule has 1 aliphatic rings. The summed E-state index contributed by atoms with van der Waals surface area (Å²) in [4.78, 5) is 24.3. The number of fused-ring (bicyclic) bond motifs is 1. The zero-order valence-electron chi connectivity index (χ0n) is 17.2. The number of anilines is 1. The smallest absolute Gasteiger partial charge is 0.248 e. The fraction of sp³-hybridized carbons (Fsp3) is 0.200. The second-order valence-corrected chi connectivity index (χ2v) is 7.90. The highest BCUT2D eigenvalue weighted by atomic mass is 16.1. The summed E-state index contributed by atoms with van der Waals surface area (Å²) in [5.74, 6) is 0.409. The van der Waals surface area contributed by atoms with Gasteiger partial charge in [0.15, 0.2) is 0 Å². The summed E-state index contributed by atoms with van der Waals surface area (Å²) in [6.45, 7) is 3.60. The molecule has 6 nitrogen and oxygen atoms in total. The van der Waals surface area contributed by atoms with Gasteiger partial charge in [-0.25, -0.2) is 4.98 Å². The number of nitrogens with two attached hydrogens (primary N) is 1. The minimum Gasteiger partial charge on any atom is -0.366 e. The van der Waals surface area contributed by atoms with Crippen molar-refractivity contribution in [2.75, 3.05) is 31.1 Å². The quantitative estimate of drug-likeness (QED) is 0.526. The molecular weight excluding hydrogens is 386 g/mol. The first-order valence-electron chi connectivity index (χ1n) is 10.6. The maximum Gasteiger partial charge on any atom is 0.248 e. The average Bonchev–Trinajstić information content (AvgIpc) is 3.25. The first kappa shape index (κ1) is 19.3. The maximum atomic E-state index is 11.5. The van der Waals surface area contributed by atoms with Crippen LogP contribution < -0.4 is 10.6 Å². The second-order valence-electron chi connectivity index (χ2n) is 7.90. The van der Waals surface area contributed by atoms with Crippen LogP contribution in [-0.2, 0) is 0 Å². The number of rotatable bonds is 5. The summed E-state index contributed by atoms with van der Waals surface area (Å²) < 4.78 is 0. The fourth-order valence-corrected chi connectivity index (χ4v) is 4.38. The molecule has 1 saturated heterocycles. The van der Waals surface area contributed by atoms with E-state index in [1.54, 1.807) is 12.1 Å². The third kappa shape index (κ3) is 3.90. The van der Waals surface area contributed by atoms with Crippen molar-refractivity contribution < 1.29 is 4.79 Å². The number of hydrogen-bond acceptors (Lipinski definition) is 4. The van der Waals surface area contributed by atoms with E-state index in [1.807, 2.05) is 6.07 Å². The normalized spacial score (nSPS) is 14.9. The Morgan fingerprint density at radius 1 is 0.871 bits per heavy atom. The maximum absolute atomic E-state index is 11.5. The molecule has 0 unspecified atom stereocenters. The van der Waals surface area contributed by atoms with Crippen molar-refractivity contribution in [2.24, 2.45) is 5.73 Å². The van der Waals surface area contributed by atoms with E-state index >= 15 is 0 Å². The van der Waals surface area contributed by atoms with Gasteiger partial charge in [-0.3, -0.25) is 9.69 Å². The number of amides is 1. The number of aromatic amines is 1. The molecule has 1 aromatic heterocycles. The summed E-state index contributed by atoms with van der Waals surface area (Å²) in [6, 6.07) is 27.0. The summed E-state index contributed by atoms with van der Waals surface area (Å²) in [5.41, 5.74) is 10.2. The molecule has 0 atom stereocenters. The van der Waals surface area contributed by atoms with Crippen molar-refractivity contribution >= 4 is 22.9 Å². The van der Waals surface area contributed by atoms with E-state index in [2.05, 4.69) is 75.4 Å². The first-order valence-corrected chi connectivity index (χ1v) is 10.6. The largest absolute Gasteiger partial charge is 0.366 e. The average molecular weight is 412 g/mol. The highest BCUT2D eigenvalue weighted by Crippen LogP contribution is 2.30. The molecule has 1 fully saturated rings. The van der Waals surface area contributed by atoms with Crippen LogP contribution in [0.1, 0.15) is 27.5 Å². The second kappa shape index (κ2) is 8.24. The molecule has 0 bridgehead atoms. The van der Waals surface area contributed by atoms with Crippen molar-refractivity contribution in [3.8, 4) is 0 Å². The van der Waals surface area contributed by atoms with Gasteiger partial charge in [0.05, 0.1) is 17.1 Å². The Morgan fingerprint density at radius 3 is 2.06 bits per heavy atom. The number of H-pyrrole nitrogens is 1. The van der Waals surface area contributed by atoms with E-state index in [9.17, 15) is 4.79 Å². The zero-order valence-corrected chi connectivity index (χ0v) is 17.2. The lowest BCUT2D eigenvalue weighted by molar-refractivity contribution is 0.100. The van der Waals surface area contributed by atoms with Gasteiger partial charge >= 0.3 is 0 Å². The van der Waals surface area contributed by atoms with E-state index < -0.39 is 5.91 Å². The molecule has 3 N–H and O–H groups in total. The van der Waals surface area contributed by atoms with Crippen LogP contribution in [0.5, 0.6) is 0 Å². The lowest BCUT2D eigenvalue weighted by atomic mass is 9.96. The monoisotopic (exact) mass is 411 g/mol. The van der Waals surface area contributed by atoms with Crippen molar-refractivity contribution in [1.29, 1.82) is 0 Å². The zero-order chi connectivity index (χ0) is 21.2. The summed E-state index contributed by atoms with van der Waals surface area (Å²) in [6.07, 6.45) is 0. The Balaban J connectivity index is 1.36. The SMILES string of the molecule is NC(=O)c1ccc2nc(N3CCN(C(c4ccccc4)c4ccccc4)CC3)[nH]c2c1. The van der Waals surface area contributed by atoms with Crippen molar-refractivity contribution in [2.45, 2.75) is 6.04 Å². The van der Waals surface area contributed by atoms with Crippen LogP contribution in [0.3, 0.4) is 0 Å². The minimum absolute atomic E-state index is 0.235. The summed E-state index contributed by atoms with van der Waals surface area (Å²) >= 11 is 0. The summed E-state index contributed by atoms with van der Waals surface area (Å²) in [5, 5.41) is 0. The van der Waals surface area contributed by atoms with Crippen molar-refractivity contribution in [1.82, 2.24) is 14.9 Å². The number of aromatic nitrogens is 2. The third-order valence-corrected chi connectivity index (χ3v) is 5.96. The molecule has 0 saturated carbocycles. The molecule has 0 spiro atoms. The van der Waals surface area contributed by atoms with Crippen LogP contribution in [-0.4, -0.2) is 47.0 Å². The fourth-order valence-electron chi connectivity index (χ4n) is 4.38. The molecule has 2 heterocycles. The minimum atomic E-state index is -0.431. The van der Waals surface area contributed by atoms with Crippen LogP contribution in [0, 0.1) is 0 Å². The molecule has 0 radical (unpaired) electrons. The van der Waals surface area contributed by atoms with Gasteiger partial charge in [0.2, 0.25) is 11.9 Å². The van der Waals surface area contributed by atoms with E-state index in [-0.39, 0.29) is 6.04 Å². The van der Waals surface area contributed by atoms with Gasteiger partial charge in [0.25, 0.3) is 0 Å². The summed E-state index contributed by atoms with van der Waals surface area (Å²) in [7, 11) is 0. The Labute approximate surface area is 181 Å². The third-order valence-electron chi connectivity index (χ3n) is 5.96. The predicted octanol–water partition coefficient (Wildman–Crippen LogP) is 3.57. The van der Waals surface area contributed by atoms with Crippen LogP contribution in [0.15, 0.2) is 78.9 Å². The lowest BCUT2D eigenvalue weighted by Crippen LogP contribution is -2.48. The topological polar surface area (TPSA) is 78.2 Å². The highest BCUT2D eigenvalue weighted by Gasteiger charge is 2.27. The van der Waals surface area contributed by atoms with Gasteiger partial charge < -0.3 is 15.6 Å². The Bertz CT molecular complexity index is 1140. The molecule has 1 aliphatic heterocycles. The molecular formula is C25H25N5O. The predicted molar refractivity (Wildman–Crippen MR) is 123 cm³/mol. The molecule has 31 heavy (non-hydrogen) atoms. The van der Waals surface area contributed by atoms with Gasteiger partial charge in [-0.1, -0.05) is 60.7 Å². The van der Waals surface area contributed by atoms with Crippen LogP contribution in [0.4, 0.5) is 5.95 Å². The molecule has 1 amide bonds. The molecule has 3 aromatic carbocycles. The number of nitrogens with zero attached hydrogens (tertiary/aromatic N) is 3. The van der Waals surface area contributed by atoms with Gasteiger partial charge in [-0.05, 0) is 29.3 Å². The Morgan fingerprint density at radius 2 is 1.48 bits per heavy atom. The number of imidazole rings is 1. The van der Waals surface area contributed by atoms with Crippen molar-refractivity contribution in [3.63, 3.8) is 0 Å². The van der Waals surface area contributed by atoms with Crippen molar-refractivity contribution in [3.05, 3.63) is 95.6 Å². The van der Waals surface area contributed by atoms with Crippen LogP contribution in [0.25, 0.3) is 11.0 Å². The van der Waals surface area contributed by atoms with E-state index in [0.29, 0.717) is 5.56 Å². The van der Waals surface area contributed by atoms with Gasteiger partial charge in [-0.15, -0.1) is 0 Å². The number of carbonyl (C=O) groups excluding carboxylic acids is 1. The highest BCUT2D eigenvalue weighted by molar-refractivity contribution is 5.96. The lowest BCUT2D eigenvalue weighted by Gasteiger charge is -2.39. The van der Waals surface area contributed by atoms with E-state index in [1.165, 1.54) is 11.1 Å². The van der Waals surface area contributed by atoms with Crippen LogP contribution in [0.2, 0.25) is 0 Å². The Hall–Kier alpha value is -3.64. The number of primary amides is 1. The van der Waals surface area contributed by atoms with Gasteiger partial charge in [0, 0.05) is 31.7 Å².